The number of aromatic nitrogens is 3. The fourth-order valence-electron chi connectivity index (χ4n) is 3.73. The van der Waals surface area contributed by atoms with E-state index in [9.17, 15) is 9.90 Å². The maximum Gasteiger partial charge on any atom is 0.244 e. The topological polar surface area (TPSA) is 77.7 Å². The van der Waals surface area contributed by atoms with Gasteiger partial charge in [-0.2, -0.15) is 0 Å². The summed E-state index contributed by atoms with van der Waals surface area (Å²) >= 11 is 0. The molecule has 8 nitrogen and oxygen atoms in total. The second-order valence-electron chi connectivity index (χ2n) is 7.06. The fourth-order valence-corrected chi connectivity index (χ4v) is 3.73. The standard InChI is InChI=1S/C16H28N6O2/c1-19-4-2-5-20(8-7-19)9-14-10-21(11-15(14)13-23)16(24)12-22-6-3-17-18-22/h3,6,14-15,23H,2,4-5,7-13H2,1H3/t14-,15-/m1/s1. The van der Waals surface area contributed by atoms with Crippen molar-refractivity contribution in [2.45, 2.75) is 13.0 Å². The Morgan fingerprint density at radius 1 is 1.21 bits per heavy atom. The first-order valence-electron chi connectivity index (χ1n) is 8.79. The molecule has 0 aromatic carbocycles. The van der Waals surface area contributed by atoms with Crippen molar-refractivity contribution in [1.29, 1.82) is 0 Å². The van der Waals surface area contributed by atoms with E-state index in [2.05, 4.69) is 27.2 Å². The number of likely N-dealkylation sites (tertiary alicyclic amines) is 1. The van der Waals surface area contributed by atoms with E-state index >= 15 is 0 Å². The first-order valence-corrected chi connectivity index (χ1v) is 8.79. The van der Waals surface area contributed by atoms with Gasteiger partial charge in [-0.15, -0.1) is 5.10 Å². The Hall–Kier alpha value is -1.51. The van der Waals surface area contributed by atoms with E-state index < -0.39 is 0 Å². The van der Waals surface area contributed by atoms with Crippen LogP contribution in [0.5, 0.6) is 0 Å². The average Bonchev–Trinajstić information content (AvgIpc) is 3.17. The fraction of sp³-hybridized carbons (Fsp3) is 0.812. The Bertz CT molecular complexity index is 523. The summed E-state index contributed by atoms with van der Waals surface area (Å²) in [4.78, 5) is 19.2. The number of amides is 1. The number of carbonyl (C=O) groups excluding carboxylic acids is 1. The summed E-state index contributed by atoms with van der Waals surface area (Å²) in [5.74, 6) is 0.570. The quantitative estimate of drug-likeness (QED) is 0.742. The van der Waals surface area contributed by atoms with Gasteiger partial charge in [0, 0.05) is 51.4 Å². The summed E-state index contributed by atoms with van der Waals surface area (Å²) in [6.45, 7) is 7.10. The normalized spacial score (nSPS) is 26.7. The van der Waals surface area contributed by atoms with Gasteiger partial charge in [-0.05, 0) is 32.5 Å². The van der Waals surface area contributed by atoms with Crippen molar-refractivity contribution in [2.24, 2.45) is 11.8 Å². The van der Waals surface area contributed by atoms with Gasteiger partial charge in [0.15, 0.2) is 0 Å². The Kier molecular flexibility index (Phi) is 5.80. The summed E-state index contributed by atoms with van der Waals surface area (Å²) < 4.78 is 1.55. The Balaban J connectivity index is 1.54. The minimum Gasteiger partial charge on any atom is -0.396 e. The third-order valence-corrected chi connectivity index (χ3v) is 5.24. The summed E-state index contributed by atoms with van der Waals surface area (Å²) in [6, 6.07) is 0. The molecule has 0 radical (unpaired) electrons. The second kappa shape index (κ2) is 8.04. The first kappa shape index (κ1) is 17.3. The third-order valence-electron chi connectivity index (χ3n) is 5.24. The van der Waals surface area contributed by atoms with Gasteiger partial charge in [0.2, 0.25) is 5.91 Å². The molecule has 1 amide bonds. The van der Waals surface area contributed by atoms with Gasteiger partial charge in [-0.25, -0.2) is 4.68 Å². The lowest BCUT2D eigenvalue weighted by Gasteiger charge is -2.26. The molecule has 2 atom stereocenters. The highest BCUT2D eigenvalue weighted by Crippen LogP contribution is 2.25. The molecule has 1 aromatic rings. The van der Waals surface area contributed by atoms with Crippen LogP contribution >= 0.6 is 0 Å². The lowest BCUT2D eigenvalue weighted by molar-refractivity contribution is -0.131. The predicted octanol–water partition coefficient (Wildman–Crippen LogP) is -1.02. The number of rotatable bonds is 5. The molecule has 8 heteroatoms. The molecule has 2 saturated heterocycles. The molecular formula is C16H28N6O2. The molecule has 0 saturated carbocycles. The van der Waals surface area contributed by atoms with Gasteiger partial charge < -0.3 is 19.8 Å². The summed E-state index contributed by atoms with van der Waals surface area (Å²) in [6.07, 6.45) is 4.46. The highest BCUT2D eigenvalue weighted by molar-refractivity contribution is 5.76. The van der Waals surface area contributed by atoms with Crippen LogP contribution in [0.25, 0.3) is 0 Å². The molecule has 0 bridgehead atoms. The van der Waals surface area contributed by atoms with Crippen molar-refractivity contribution in [3.05, 3.63) is 12.4 Å². The molecule has 0 unspecified atom stereocenters. The van der Waals surface area contributed by atoms with E-state index in [1.54, 1.807) is 17.1 Å². The smallest absolute Gasteiger partial charge is 0.244 e. The minimum absolute atomic E-state index is 0.0528. The van der Waals surface area contributed by atoms with Crippen LogP contribution in [0.2, 0.25) is 0 Å². The number of aliphatic hydroxyl groups is 1. The molecule has 2 fully saturated rings. The van der Waals surface area contributed by atoms with E-state index in [1.807, 2.05) is 4.90 Å². The van der Waals surface area contributed by atoms with Crippen LogP contribution in [0.15, 0.2) is 12.4 Å². The van der Waals surface area contributed by atoms with Gasteiger partial charge in [0.1, 0.15) is 6.54 Å². The van der Waals surface area contributed by atoms with E-state index in [4.69, 9.17) is 0 Å². The van der Waals surface area contributed by atoms with Crippen LogP contribution in [0, 0.1) is 11.8 Å². The monoisotopic (exact) mass is 336 g/mol. The van der Waals surface area contributed by atoms with Crippen LogP contribution in [0.3, 0.4) is 0 Å². The Morgan fingerprint density at radius 2 is 2.04 bits per heavy atom. The van der Waals surface area contributed by atoms with Crippen molar-refractivity contribution in [1.82, 2.24) is 29.7 Å². The van der Waals surface area contributed by atoms with Crippen molar-refractivity contribution < 1.29 is 9.90 Å². The third kappa shape index (κ3) is 4.31. The molecule has 24 heavy (non-hydrogen) atoms. The number of nitrogens with zero attached hydrogens (tertiary/aromatic N) is 6. The number of carbonyl (C=O) groups is 1. The van der Waals surface area contributed by atoms with Crippen LogP contribution in [-0.4, -0.2) is 100 Å². The van der Waals surface area contributed by atoms with E-state index in [0.717, 1.165) is 39.3 Å². The summed E-state index contributed by atoms with van der Waals surface area (Å²) in [7, 11) is 2.17. The van der Waals surface area contributed by atoms with Gasteiger partial charge in [-0.1, -0.05) is 5.21 Å². The van der Waals surface area contributed by atoms with E-state index in [-0.39, 0.29) is 25.0 Å². The average molecular weight is 336 g/mol. The zero-order valence-electron chi connectivity index (χ0n) is 14.4. The molecule has 0 spiro atoms. The SMILES string of the molecule is CN1CCCN(C[C@@H]2CN(C(=O)Cn3ccnn3)C[C@@H]2CO)CC1. The predicted molar refractivity (Wildman–Crippen MR) is 89.2 cm³/mol. The number of likely N-dealkylation sites (N-methyl/N-ethyl adjacent to an activating group) is 1. The molecule has 3 heterocycles. The van der Waals surface area contributed by atoms with Gasteiger partial charge in [-0.3, -0.25) is 4.79 Å². The molecule has 3 rings (SSSR count). The van der Waals surface area contributed by atoms with Crippen molar-refractivity contribution in [3.8, 4) is 0 Å². The summed E-state index contributed by atoms with van der Waals surface area (Å²) in [5, 5.41) is 17.3. The van der Waals surface area contributed by atoms with Gasteiger partial charge >= 0.3 is 0 Å². The van der Waals surface area contributed by atoms with Gasteiger partial charge in [0.05, 0.1) is 6.20 Å². The second-order valence-corrected chi connectivity index (χ2v) is 7.06. The highest BCUT2D eigenvalue weighted by Gasteiger charge is 2.35. The van der Waals surface area contributed by atoms with E-state index in [0.29, 0.717) is 12.5 Å². The number of hydrogen-bond acceptors (Lipinski definition) is 6. The molecule has 2 aliphatic heterocycles. The van der Waals surface area contributed by atoms with Crippen LogP contribution < -0.4 is 0 Å². The minimum atomic E-state index is 0.0528. The van der Waals surface area contributed by atoms with Crippen molar-refractivity contribution in [2.75, 3.05) is 59.5 Å². The molecule has 0 aliphatic carbocycles. The number of hydrogen-bond donors (Lipinski definition) is 1. The van der Waals surface area contributed by atoms with Crippen LogP contribution in [-0.2, 0) is 11.3 Å². The van der Waals surface area contributed by atoms with Crippen LogP contribution in [0.4, 0.5) is 0 Å². The molecule has 134 valence electrons. The first-order chi connectivity index (χ1) is 11.7. The summed E-state index contributed by atoms with van der Waals surface area (Å²) in [5.41, 5.74) is 0. The van der Waals surface area contributed by atoms with Crippen molar-refractivity contribution >= 4 is 5.91 Å². The Labute approximate surface area is 143 Å². The largest absolute Gasteiger partial charge is 0.396 e. The maximum atomic E-state index is 12.4. The Morgan fingerprint density at radius 3 is 2.79 bits per heavy atom. The number of aliphatic hydroxyl groups excluding tert-OH is 1. The van der Waals surface area contributed by atoms with Crippen molar-refractivity contribution in [3.63, 3.8) is 0 Å². The van der Waals surface area contributed by atoms with Crippen LogP contribution in [0.1, 0.15) is 6.42 Å². The van der Waals surface area contributed by atoms with Gasteiger partial charge in [0.25, 0.3) is 0 Å². The molecule has 1 N–H and O–H groups in total. The van der Waals surface area contributed by atoms with E-state index in [1.165, 1.54) is 6.42 Å². The lowest BCUT2D eigenvalue weighted by atomic mass is 9.96. The lowest BCUT2D eigenvalue weighted by Crippen LogP contribution is -2.37. The molecular weight excluding hydrogens is 308 g/mol. The zero-order valence-corrected chi connectivity index (χ0v) is 14.4. The molecule has 2 aliphatic rings. The molecule has 1 aromatic heterocycles. The highest BCUT2D eigenvalue weighted by atomic mass is 16.3. The zero-order chi connectivity index (χ0) is 16.9. The maximum absolute atomic E-state index is 12.4.